The Kier molecular flexibility index (Phi) is 5.65. The highest BCUT2D eigenvalue weighted by molar-refractivity contribution is 5.86. The summed E-state index contributed by atoms with van der Waals surface area (Å²) in [6.07, 6.45) is 0. The van der Waals surface area contributed by atoms with Crippen LogP contribution in [0.15, 0.2) is 24.3 Å². The average molecular weight is 297 g/mol. The summed E-state index contributed by atoms with van der Waals surface area (Å²) in [5, 5.41) is 11.2. The summed E-state index contributed by atoms with van der Waals surface area (Å²) in [5.74, 6) is -2.55. The number of carbonyl (C=O) groups is 3. The van der Waals surface area contributed by atoms with Crippen molar-refractivity contribution >= 4 is 17.9 Å². The van der Waals surface area contributed by atoms with Crippen molar-refractivity contribution in [1.29, 1.82) is 0 Å². The summed E-state index contributed by atoms with van der Waals surface area (Å²) in [7, 11) is 0. The molecule has 1 aromatic rings. The van der Waals surface area contributed by atoms with Crippen molar-refractivity contribution in [3.8, 4) is 0 Å². The molecule has 4 N–H and O–H groups in total. The lowest BCUT2D eigenvalue weighted by molar-refractivity contribution is -0.137. The number of urea groups is 1. The molecule has 0 saturated heterocycles. The Hall–Kier alpha value is -2.64. The molecule has 7 nitrogen and oxygen atoms in total. The van der Waals surface area contributed by atoms with Crippen LogP contribution < -0.4 is 11.1 Å². The lowest BCUT2D eigenvalue weighted by Gasteiger charge is -2.22. The van der Waals surface area contributed by atoms with E-state index in [1.807, 2.05) is 0 Å². The summed E-state index contributed by atoms with van der Waals surface area (Å²) in [5.41, 5.74) is 5.48. The number of amides is 3. The van der Waals surface area contributed by atoms with Gasteiger partial charge in [0.2, 0.25) is 5.91 Å². The van der Waals surface area contributed by atoms with Gasteiger partial charge in [-0.25, -0.2) is 9.18 Å². The molecule has 8 heteroatoms. The first kappa shape index (κ1) is 16.4. The first-order chi connectivity index (χ1) is 9.79. The molecule has 1 atom stereocenters. The second-order valence-electron chi connectivity index (χ2n) is 4.44. The second kappa shape index (κ2) is 7.22. The van der Waals surface area contributed by atoms with Crippen LogP contribution in [-0.2, 0) is 9.59 Å². The second-order valence-corrected chi connectivity index (χ2v) is 4.44. The van der Waals surface area contributed by atoms with Crippen LogP contribution in [0.25, 0.3) is 0 Å². The maximum atomic E-state index is 13.1. The first-order valence-electron chi connectivity index (χ1n) is 6.10. The number of halogens is 1. The van der Waals surface area contributed by atoms with Gasteiger partial charge in [0.15, 0.2) is 0 Å². The Labute approximate surface area is 120 Å². The quantitative estimate of drug-likeness (QED) is 0.708. The highest BCUT2D eigenvalue weighted by atomic mass is 19.1. The number of benzene rings is 1. The summed E-state index contributed by atoms with van der Waals surface area (Å²) in [6, 6.07) is 4.29. The lowest BCUT2D eigenvalue weighted by Crippen LogP contribution is -2.47. The molecule has 0 saturated carbocycles. The minimum atomic E-state index is -1.27. The monoisotopic (exact) mass is 297 g/mol. The number of hydrogen-bond acceptors (Lipinski definition) is 3. The van der Waals surface area contributed by atoms with Gasteiger partial charge >= 0.3 is 12.0 Å². The normalized spacial score (nSPS) is 11.5. The van der Waals surface area contributed by atoms with Crippen molar-refractivity contribution in [2.75, 3.05) is 13.1 Å². The predicted octanol–water partition coefficient (Wildman–Crippen LogP) is 0.468. The smallest absolute Gasteiger partial charge is 0.323 e. The van der Waals surface area contributed by atoms with Gasteiger partial charge in [0.05, 0.1) is 6.04 Å². The molecule has 1 aromatic carbocycles. The molecule has 0 aromatic heterocycles. The molecule has 3 amide bonds. The van der Waals surface area contributed by atoms with Gasteiger partial charge in [0.25, 0.3) is 0 Å². The fourth-order valence-electron chi connectivity index (χ4n) is 1.69. The largest absolute Gasteiger partial charge is 0.480 e. The SMILES string of the molecule is CC(NC(=O)N(CC(N)=O)CC(=O)O)c1cccc(F)c1. The van der Waals surface area contributed by atoms with Gasteiger partial charge in [-0.1, -0.05) is 12.1 Å². The van der Waals surface area contributed by atoms with Crippen molar-refractivity contribution in [2.45, 2.75) is 13.0 Å². The molecule has 0 aliphatic heterocycles. The highest BCUT2D eigenvalue weighted by Crippen LogP contribution is 2.13. The minimum absolute atomic E-state index is 0.451. The van der Waals surface area contributed by atoms with Gasteiger partial charge in [0.1, 0.15) is 18.9 Å². The fraction of sp³-hybridized carbons (Fsp3) is 0.308. The van der Waals surface area contributed by atoms with Crippen molar-refractivity contribution in [1.82, 2.24) is 10.2 Å². The van der Waals surface area contributed by atoms with Gasteiger partial charge < -0.3 is 21.1 Å². The highest BCUT2D eigenvalue weighted by Gasteiger charge is 2.20. The topological polar surface area (TPSA) is 113 Å². The average Bonchev–Trinajstić information content (AvgIpc) is 2.36. The molecule has 1 unspecified atom stereocenters. The number of rotatable bonds is 6. The Morgan fingerprint density at radius 1 is 1.38 bits per heavy atom. The van der Waals surface area contributed by atoms with Crippen molar-refractivity contribution in [2.24, 2.45) is 5.73 Å². The first-order valence-corrected chi connectivity index (χ1v) is 6.10. The maximum absolute atomic E-state index is 13.1. The molecular formula is C13H16FN3O4. The van der Waals surface area contributed by atoms with Crippen LogP contribution in [0.4, 0.5) is 9.18 Å². The Bertz CT molecular complexity index is 534. The predicted molar refractivity (Wildman–Crippen MR) is 71.7 cm³/mol. The molecule has 0 radical (unpaired) electrons. The van der Waals surface area contributed by atoms with Gasteiger partial charge in [-0.2, -0.15) is 0 Å². The zero-order chi connectivity index (χ0) is 16.0. The number of nitrogens with two attached hydrogens (primary N) is 1. The minimum Gasteiger partial charge on any atom is -0.480 e. The van der Waals surface area contributed by atoms with E-state index in [-0.39, 0.29) is 0 Å². The molecule has 0 aliphatic rings. The van der Waals surface area contributed by atoms with Crippen LogP contribution >= 0.6 is 0 Å². The number of nitrogens with one attached hydrogen (secondary N) is 1. The molecule has 0 fully saturated rings. The number of aliphatic carboxylic acids is 1. The Balaban J connectivity index is 2.75. The van der Waals surface area contributed by atoms with Crippen LogP contribution in [0.3, 0.4) is 0 Å². The van der Waals surface area contributed by atoms with E-state index in [0.29, 0.717) is 5.56 Å². The molecule has 0 heterocycles. The maximum Gasteiger partial charge on any atom is 0.323 e. The molecule has 0 bridgehead atoms. The molecule has 0 aliphatic carbocycles. The number of carboxylic acid groups (broad SMARTS) is 1. The van der Waals surface area contributed by atoms with Gasteiger partial charge in [0, 0.05) is 0 Å². The zero-order valence-electron chi connectivity index (χ0n) is 11.4. The third-order valence-corrected chi connectivity index (χ3v) is 2.65. The van der Waals surface area contributed by atoms with E-state index >= 15 is 0 Å². The zero-order valence-corrected chi connectivity index (χ0v) is 11.4. The Morgan fingerprint density at radius 3 is 2.57 bits per heavy atom. The van der Waals surface area contributed by atoms with Gasteiger partial charge in [-0.15, -0.1) is 0 Å². The van der Waals surface area contributed by atoms with Crippen LogP contribution in [0, 0.1) is 5.82 Å². The van der Waals surface area contributed by atoms with E-state index in [1.165, 1.54) is 18.2 Å². The third kappa shape index (κ3) is 5.47. The van der Waals surface area contributed by atoms with E-state index in [9.17, 15) is 18.8 Å². The Morgan fingerprint density at radius 2 is 2.05 bits per heavy atom. The third-order valence-electron chi connectivity index (χ3n) is 2.65. The number of nitrogens with zero attached hydrogens (tertiary/aromatic N) is 1. The number of carbonyl (C=O) groups excluding carboxylic acids is 2. The van der Waals surface area contributed by atoms with Gasteiger partial charge in [-0.05, 0) is 24.6 Å². The molecular weight excluding hydrogens is 281 g/mol. The number of primary amides is 1. The van der Waals surface area contributed by atoms with Crippen LogP contribution in [0.5, 0.6) is 0 Å². The van der Waals surface area contributed by atoms with Crippen LogP contribution in [-0.4, -0.2) is 41.0 Å². The van der Waals surface area contributed by atoms with E-state index < -0.39 is 42.9 Å². The number of carboxylic acids is 1. The van der Waals surface area contributed by atoms with Gasteiger partial charge in [-0.3, -0.25) is 9.59 Å². The standard InChI is InChI=1S/C13H16FN3O4/c1-8(9-3-2-4-10(14)5-9)16-13(21)17(6-11(15)18)7-12(19)20/h2-5,8H,6-7H2,1H3,(H2,15,18)(H,16,21)(H,19,20). The summed E-state index contributed by atoms with van der Waals surface area (Å²) in [4.78, 5) is 34.2. The fourth-order valence-corrected chi connectivity index (χ4v) is 1.69. The van der Waals surface area contributed by atoms with Crippen molar-refractivity contribution in [3.05, 3.63) is 35.6 Å². The van der Waals surface area contributed by atoms with E-state index in [4.69, 9.17) is 10.8 Å². The van der Waals surface area contributed by atoms with Crippen molar-refractivity contribution < 1.29 is 23.9 Å². The van der Waals surface area contributed by atoms with E-state index in [0.717, 1.165) is 4.90 Å². The molecule has 21 heavy (non-hydrogen) atoms. The molecule has 114 valence electrons. The van der Waals surface area contributed by atoms with Crippen molar-refractivity contribution in [3.63, 3.8) is 0 Å². The lowest BCUT2D eigenvalue weighted by atomic mass is 10.1. The van der Waals surface area contributed by atoms with Crippen LogP contribution in [0.1, 0.15) is 18.5 Å². The summed E-state index contributed by atoms with van der Waals surface area (Å²) < 4.78 is 13.1. The number of hydrogen-bond donors (Lipinski definition) is 3. The van der Waals surface area contributed by atoms with Crippen LogP contribution in [0.2, 0.25) is 0 Å². The molecule has 1 rings (SSSR count). The summed E-state index contributed by atoms with van der Waals surface area (Å²) in [6.45, 7) is 0.425. The van der Waals surface area contributed by atoms with E-state index in [2.05, 4.69) is 5.32 Å². The van der Waals surface area contributed by atoms with E-state index in [1.54, 1.807) is 13.0 Å². The summed E-state index contributed by atoms with van der Waals surface area (Å²) >= 11 is 0. The molecule has 0 spiro atoms.